The molecule has 3 heteroatoms. The highest BCUT2D eigenvalue weighted by Gasteiger charge is 2.05. The molecule has 0 fully saturated rings. The van der Waals surface area contributed by atoms with Gasteiger partial charge in [-0.2, -0.15) is 0 Å². The van der Waals surface area contributed by atoms with Crippen molar-refractivity contribution in [3.8, 4) is 11.3 Å². The highest BCUT2D eigenvalue weighted by molar-refractivity contribution is 5.62. The number of hydrogen-bond donors (Lipinski definition) is 0. The Labute approximate surface area is 117 Å². The molecule has 2 nitrogen and oxygen atoms in total. The number of fused-ring (bicyclic) bond motifs is 1. The molecule has 0 saturated carbocycles. The molecular weight excluding hydrogens is 251 g/mol. The molecule has 0 aliphatic carbocycles. The highest BCUT2D eigenvalue weighted by atomic mass is 19.1. The van der Waals surface area contributed by atoms with Gasteiger partial charge in [-0.05, 0) is 30.0 Å². The monoisotopic (exact) mass is 268 g/mol. The van der Waals surface area contributed by atoms with E-state index >= 15 is 0 Å². The van der Waals surface area contributed by atoms with Crippen molar-refractivity contribution in [1.29, 1.82) is 0 Å². The minimum atomic E-state index is -0.256. The van der Waals surface area contributed by atoms with Gasteiger partial charge in [0.15, 0.2) is 0 Å². The first kappa shape index (κ1) is 12.9. The third-order valence-corrected chi connectivity index (χ3v) is 3.31. The van der Waals surface area contributed by atoms with Crippen molar-refractivity contribution in [2.24, 2.45) is 5.92 Å². The summed E-state index contributed by atoms with van der Waals surface area (Å²) in [5.74, 6) is 0.396. The van der Waals surface area contributed by atoms with E-state index in [9.17, 15) is 4.39 Å². The first-order valence-electron chi connectivity index (χ1n) is 6.85. The summed E-state index contributed by atoms with van der Waals surface area (Å²) >= 11 is 0. The molecule has 0 unspecified atom stereocenters. The molecule has 0 aliphatic rings. The normalized spacial score (nSPS) is 11.4. The van der Waals surface area contributed by atoms with Gasteiger partial charge in [0.1, 0.15) is 11.5 Å². The van der Waals surface area contributed by atoms with E-state index in [1.165, 1.54) is 17.8 Å². The summed E-state index contributed by atoms with van der Waals surface area (Å²) < 4.78 is 14.9. The van der Waals surface area contributed by atoms with E-state index in [0.29, 0.717) is 5.92 Å². The van der Waals surface area contributed by atoms with Crippen LogP contribution in [-0.4, -0.2) is 9.38 Å². The zero-order valence-corrected chi connectivity index (χ0v) is 11.7. The van der Waals surface area contributed by atoms with Crippen molar-refractivity contribution < 1.29 is 4.39 Å². The Bertz CT molecular complexity index is 726. The lowest BCUT2D eigenvalue weighted by atomic mass is 10.0. The topological polar surface area (TPSA) is 17.3 Å². The molecule has 0 spiro atoms. The molecule has 1 aromatic carbocycles. The number of rotatable bonds is 3. The molecule has 3 rings (SSSR count). The van der Waals surface area contributed by atoms with Crippen LogP contribution in [0.4, 0.5) is 4.39 Å². The molecule has 0 saturated heterocycles. The number of pyridine rings is 1. The molecule has 102 valence electrons. The molecule has 0 radical (unpaired) electrons. The summed E-state index contributed by atoms with van der Waals surface area (Å²) in [5.41, 5.74) is 4.01. The van der Waals surface area contributed by atoms with Gasteiger partial charge in [0.25, 0.3) is 0 Å². The molecule has 0 amide bonds. The number of hydrogen-bond acceptors (Lipinski definition) is 1. The maximum Gasteiger partial charge on any atom is 0.139 e. The van der Waals surface area contributed by atoms with E-state index in [2.05, 4.69) is 43.1 Å². The fraction of sp³-hybridized carbons (Fsp3) is 0.235. The molecule has 0 atom stereocenters. The van der Waals surface area contributed by atoms with Crippen LogP contribution in [0.15, 0.2) is 48.8 Å². The number of halogens is 1. The Morgan fingerprint density at radius 2 is 1.80 bits per heavy atom. The predicted octanol–water partition coefficient (Wildman–Crippen LogP) is 4.34. The third kappa shape index (κ3) is 2.57. The van der Waals surface area contributed by atoms with E-state index in [1.807, 2.05) is 6.20 Å². The largest absolute Gasteiger partial charge is 0.304 e. The van der Waals surface area contributed by atoms with Gasteiger partial charge in [0.2, 0.25) is 0 Å². The van der Waals surface area contributed by atoms with Gasteiger partial charge in [0, 0.05) is 18.0 Å². The Balaban J connectivity index is 1.94. The van der Waals surface area contributed by atoms with Crippen LogP contribution in [-0.2, 0) is 6.42 Å². The van der Waals surface area contributed by atoms with E-state index in [1.54, 1.807) is 10.5 Å². The van der Waals surface area contributed by atoms with Crippen LogP contribution in [0.5, 0.6) is 0 Å². The number of benzene rings is 1. The minimum Gasteiger partial charge on any atom is -0.304 e. The van der Waals surface area contributed by atoms with E-state index in [-0.39, 0.29) is 5.82 Å². The second-order valence-corrected chi connectivity index (χ2v) is 5.53. The van der Waals surface area contributed by atoms with Crippen molar-refractivity contribution in [3.63, 3.8) is 0 Å². The zero-order chi connectivity index (χ0) is 14.1. The molecule has 0 N–H and O–H groups in total. The summed E-state index contributed by atoms with van der Waals surface area (Å²) in [4.78, 5) is 4.51. The Kier molecular flexibility index (Phi) is 3.26. The molecule has 0 aliphatic heterocycles. The second-order valence-electron chi connectivity index (χ2n) is 5.53. The van der Waals surface area contributed by atoms with Gasteiger partial charge in [-0.1, -0.05) is 38.1 Å². The van der Waals surface area contributed by atoms with Crippen LogP contribution in [0.3, 0.4) is 0 Å². The van der Waals surface area contributed by atoms with Gasteiger partial charge in [-0.25, -0.2) is 9.37 Å². The lowest BCUT2D eigenvalue weighted by molar-refractivity contribution is 0.619. The first-order valence-corrected chi connectivity index (χ1v) is 6.85. The molecule has 0 bridgehead atoms. The van der Waals surface area contributed by atoms with Crippen LogP contribution in [0.2, 0.25) is 0 Å². The van der Waals surface area contributed by atoms with E-state index < -0.39 is 0 Å². The maximum atomic E-state index is 13.2. The van der Waals surface area contributed by atoms with Crippen molar-refractivity contribution in [2.75, 3.05) is 0 Å². The lowest BCUT2D eigenvalue weighted by Crippen LogP contribution is -1.93. The molecule has 3 aromatic rings. The minimum absolute atomic E-state index is 0.256. The van der Waals surface area contributed by atoms with Crippen molar-refractivity contribution >= 4 is 5.65 Å². The molecular formula is C17H17FN2. The Hall–Kier alpha value is -2.16. The summed E-state index contributed by atoms with van der Waals surface area (Å²) in [7, 11) is 0. The van der Waals surface area contributed by atoms with Gasteiger partial charge in [-0.15, -0.1) is 0 Å². The number of aromatic nitrogens is 2. The summed E-state index contributed by atoms with van der Waals surface area (Å²) in [5, 5.41) is 0. The fourth-order valence-corrected chi connectivity index (χ4v) is 2.39. The Morgan fingerprint density at radius 1 is 1.05 bits per heavy atom. The van der Waals surface area contributed by atoms with Crippen LogP contribution >= 0.6 is 0 Å². The fourth-order valence-electron chi connectivity index (χ4n) is 2.39. The van der Waals surface area contributed by atoms with Crippen molar-refractivity contribution in [1.82, 2.24) is 9.38 Å². The summed E-state index contributed by atoms with van der Waals surface area (Å²) in [6.07, 6.45) is 4.38. The molecule has 20 heavy (non-hydrogen) atoms. The summed E-state index contributed by atoms with van der Waals surface area (Å²) in [6, 6.07) is 11.6. The maximum absolute atomic E-state index is 13.2. The van der Waals surface area contributed by atoms with Crippen LogP contribution in [0.1, 0.15) is 19.4 Å². The van der Waals surface area contributed by atoms with E-state index in [4.69, 9.17) is 0 Å². The first-order chi connectivity index (χ1) is 9.61. The van der Waals surface area contributed by atoms with Crippen LogP contribution in [0.25, 0.3) is 16.9 Å². The zero-order valence-electron chi connectivity index (χ0n) is 11.7. The smallest absolute Gasteiger partial charge is 0.139 e. The highest BCUT2D eigenvalue weighted by Crippen LogP contribution is 2.21. The average Bonchev–Trinajstić information content (AvgIpc) is 2.81. The van der Waals surface area contributed by atoms with Crippen LogP contribution < -0.4 is 0 Å². The molecule has 2 aromatic heterocycles. The quantitative estimate of drug-likeness (QED) is 0.690. The van der Waals surface area contributed by atoms with Gasteiger partial charge >= 0.3 is 0 Å². The van der Waals surface area contributed by atoms with Gasteiger partial charge < -0.3 is 4.40 Å². The standard InChI is InChI=1S/C17H17FN2/c1-12(2)9-13-3-5-14(6-4-13)16-11-20-10-15(18)7-8-17(20)19-16/h3-8,10-12H,9H2,1-2H3. The molecule has 2 heterocycles. The van der Waals surface area contributed by atoms with Gasteiger partial charge in [0.05, 0.1) is 5.69 Å². The van der Waals surface area contributed by atoms with Crippen LogP contribution in [0, 0.1) is 11.7 Å². The third-order valence-electron chi connectivity index (χ3n) is 3.31. The second kappa shape index (κ2) is 5.08. The van der Waals surface area contributed by atoms with Crippen molar-refractivity contribution in [2.45, 2.75) is 20.3 Å². The predicted molar refractivity (Wildman–Crippen MR) is 79.1 cm³/mol. The lowest BCUT2D eigenvalue weighted by Gasteiger charge is -2.05. The number of nitrogens with zero attached hydrogens (tertiary/aromatic N) is 2. The Morgan fingerprint density at radius 3 is 2.50 bits per heavy atom. The van der Waals surface area contributed by atoms with Gasteiger partial charge in [-0.3, -0.25) is 0 Å². The van der Waals surface area contributed by atoms with Crippen molar-refractivity contribution in [3.05, 3.63) is 60.2 Å². The SMILES string of the molecule is CC(C)Cc1ccc(-c2cn3cc(F)ccc3n2)cc1. The van der Waals surface area contributed by atoms with E-state index in [0.717, 1.165) is 23.3 Å². The summed E-state index contributed by atoms with van der Waals surface area (Å²) in [6.45, 7) is 4.43. The number of imidazole rings is 1. The average molecular weight is 268 g/mol.